The highest BCUT2D eigenvalue weighted by atomic mass is 16.5. The highest BCUT2D eigenvalue weighted by molar-refractivity contribution is 4.95. The van der Waals surface area contributed by atoms with Crippen molar-refractivity contribution in [3.05, 3.63) is 17.6 Å². The highest BCUT2D eigenvalue weighted by Gasteiger charge is 1.84. The van der Waals surface area contributed by atoms with Crippen molar-refractivity contribution in [2.45, 2.75) is 33.1 Å². The van der Waals surface area contributed by atoms with Gasteiger partial charge in [0.1, 0.15) is 6.26 Å². The standard InChI is InChI=1S/C9H16O/c1-4-5-6-9(2)7-8-10-3/h8H,4-6H2,1-3H3. The average Bonchev–Trinajstić information content (AvgIpc) is 1.97. The van der Waals surface area contributed by atoms with Crippen molar-refractivity contribution in [1.29, 1.82) is 0 Å². The minimum absolute atomic E-state index is 1.14. The maximum Gasteiger partial charge on any atom is 0.125 e. The molecule has 0 radical (unpaired) electrons. The van der Waals surface area contributed by atoms with Crippen LogP contribution in [0.5, 0.6) is 0 Å². The van der Waals surface area contributed by atoms with Crippen molar-refractivity contribution in [1.82, 2.24) is 0 Å². The van der Waals surface area contributed by atoms with E-state index in [4.69, 9.17) is 4.74 Å². The Labute approximate surface area is 63.4 Å². The van der Waals surface area contributed by atoms with Crippen LogP contribution in [0.15, 0.2) is 17.6 Å². The quantitative estimate of drug-likeness (QED) is 0.431. The zero-order valence-electron chi connectivity index (χ0n) is 7.11. The summed E-state index contributed by atoms with van der Waals surface area (Å²) in [4.78, 5) is 0. The van der Waals surface area contributed by atoms with Gasteiger partial charge in [0, 0.05) is 0 Å². The molecule has 58 valence electrons. The molecule has 1 nitrogen and oxygen atoms in total. The zero-order chi connectivity index (χ0) is 7.82. The second kappa shape index (κ2) is 6.44. The molecule has 0 amide bonds. The summed E-state index contributed by atoms with van der Waals surface area (Å²) in [5.74, 6) is 0. The van der Waals surface area contributed by atoms with Crippen LogP contribution < -0.4 is 0 Å². The van der Waals surface area contributed by atoms with Gasteiger partial charge in [0.25, 0.3) is 0 Å². The summed E-state index contributed by atoms with van der Waals surface area (Å²) >= 11 is 0. The molecule has 0 aliphatic carbocycles. The number of ether oxygens (including phenoxy) is 1. The number of hydrogen-bond acceptors (Lipinski definition) is 1. The second-order valence-corrected chi connectivity index (χ2v) is 2.38. The third-order valence-corrected chi connectivity index (χ3v) is 1.33. The summed E-state index contributed by atoms with van der Waals surface area (Å²) in [6.45, 7) is 4.26. The fourth-order valence-corrected chi connectivity index (χ4v) is 0.674. The number of methoxy groups -OCH3 is 1. The van der Waals surface area contributed by atoms with E-state index in [0.717, 1.165) is 6.42 Å². The number of unbranched alkanes of at least 4 members (excludes halogenated alkanes) is 1. The molecule has 0 rings (SSSR count). The van der Waals surface area contributed by atoms with E-state index in [-0.39, 0.29) is 0 Å². The first-order chi connectivity index (χ1) is 4.81. The third-order valence-electron chi connectivity index (χ3n) is 1.33. The lowest BCUT2D eigenvalue weighted by Gasteiger charge is -1.92. The lowest BCUT2D eigenvalue weighted by atomic mass is 10.1. The van der Waals surface area contributed by atoms with Gasteiger partial charge in [0.05, 0.1) is 7.11 Å². The van der Waals surface area contributed by atoms with Crippen LogP contribution in [0, 0.1) is 0 Å². The van der Waals surface area contributed by atoms with Gasteiger partial charge in [-0.1, -0.05) is 19.1 Å². The van der Waals surface area contributed by atoms with Gasteiger partial charge in [-0.15, -0.1) is 0 Å². The maximum absolute atomic E-state index is 4.74. The molecule has 0 aromatic rings. The molecule has 0 aromatic carbocycles. The van der Waals surface area contributed by atoms with E-state index < -0.39 is 0 Å². The molecular weight excluding hydrogens is 124 g/mol. The molecule has 0 saturated carbocycles. The minimum atomic E-state index is 1.14. The first-order valence-corrected chi connectivity index (χ1v) is 3.74. The van der Waals surface area contributed by atoms with E-state index in [1.54, 1.807) is 13.4 Å². The van der Waals surface area contributed by atoms with Gasteiger partial charge in [-0.05, 0) is 25.3 Å². The highest BCUT2D eigenvalue weighted by Crippen LogP contribution is 2.03. The van der Waals surface area contributed by atoms with Crippen molar-refractivity contribution in [3.63, 3.8) is 0 Å². The van der Waals surface area contributed by atoms with Gasteiger partial charge >= 0.3 is 0 Å². The largest absolute Gasteiger partial charge is 0.496 e. The van der Waals surface area contributed by atoms with E-state index >= 15 is 0 Å². The summed E-state index contributed by atoms with van der Waals surface area (Å²) in [7, 11) is 1.64. The van der Waals surface area contributed by atoms with Gasteiger partial charge in [-0.3, -0.25) is 0 Å². The van der Waals surface area contributed by atoms with Crippen LogP contribution in [0.25, 0.3) is 0 Å². The van der Waals surface area contributed by atoms with E-state index in [2.05, 4.69) is 19.6 Å². The lowest BCUT2D eigenvalue weighted by Crippen LogP contribution is -1.74. The summed E-state index contributed by atoms with van der Waals surface area (Å²) in [6, 6.07) is 0. The normalized spacial score (nSPS) is 8.30. The Bertz CT molecular complexity index is 130. The predicted molar refractivity (Wildman–Crippen MR) is 43.8 cm³/mol. The van der Waals surface area contributed by atoms with Gasteiger partial charge < -0.3 is 4.74 Å². The van der Waals surface area contributed by atoms with Crippen molar-refractivity contribution in [3.8, 4) is 0 Å². The summed E-state index contributed by atoms with van der Waals surface area (Å²) in [5, 5.41) is 0. The SMILES string of the molecule is CCCCC(C)=C=COC. The van der Waals surface area contributed by atoms with Crippen molar-refractivity contribution in [2.24, 2.45) is 0 Å². The van der Waals surface area contributed by atoms with E-state index in [0.29, 0.717) is 0 Å². The van der Waals surface area contributed by atoms with Crippen LogP contribution in [0.3, 0.4) is 0 Å². The monoisotopic (exact) mass is 140 g/mol. The molecule has 0 spiro atoms. The molecule has 1 heteroatoms. The van der Waals surface area contributed by atoms with Gasteiger partial charge in [-0.25, -0.2) is 0 Å². The van der Waals surface area contributed by atoms with Crippen LogP contribution in [-0.2, 0) is 4.74 Å². The topological polar surface area (TPSA) is 9.23 Å². The summed E-state index contributed by atoms with van der Waals surface area (Å²) < 4.78 is 4.74. The molecule has 0 unspecified atom stereocenters. The first-order valence-electron chi connectivity index (χ1n) is 3.74. The third kappa shape index (κ3) is 5.46. The molecule has 0 aliphatic heterocycles. The van der Waals surface area contributed by atoms with Gasteiger partial charge in [0.15, 0.2) is 0 Å². The fraction of sp³-hybridized carbons (Fsp3) is 0.667. The van der Waals surface area contributed by atoms with Crippen LogP contribution >= 0.6 is 0 Å². The smallest absolute Gasteiger partial charge is 0.125 e. The molecular formula is C9H16O. The average molecular weight is 140 g/mol. The molecule has 0 aliphatic rings. The summed E-state index contributed by atoms with van der Waals surface area (Å²) in [5.41, 5.74) is 4.30. The molecule has 0 atom stereocenters. The van der Waals surface area contributed by atoms with Crippen molar-refractivity contribution in [2.75, 3.05) is 7.11 Å². The van der Waals surface area contributed by atoms with Crippen LogP contribution in [0.2, 0.25) is 0 Å². The number of rotatable bonds is 4. The predicted octanol–water partition coefficient (Wildman–Crippen LogP) is 2.88. The number of allylic oxidation sites excluding steroid dienone is 1. The van der Waals surface area contributed by atoms with E-state index in [9.17, 15) is 0 Å². The lowest BCUT2D eigenvalue weighted by molar-refractivity contribution is 0.338. The van der Waals surface area contributed by atoms with Gasteiger partial charge in [-0.2, -0.15) is 0 Å². The Morgan fingerprint density at radius 3 is 2.80 bits per heavy atom. The van der Waals surface area contributed by atoms with E-state index in [1.165, 1.54) is 18.4 Å². The Morgan fingerprint density at radius 1 is 1.60 bits per heavy atom. The Morgan fingerprint density at radius 2 is 2.30 bits per heavy atom. The molecule has 0 fully saturated rings. The second-order valence-electron chi connectivity index (χ2n) is 2.38. The first kappa shape index (κ1) is 9.32. The molecule has 10 heavy (non-hydrogen) atoms. The van der Waals surface area contributed by atoms with Crippen LogP contribution in [0.1, 0.15) is 33.1 Å². The van der Waals surface area contributed by atoms with Crippen LogP contribution in [0.4, 0.5) is 0 Å². The maximum atomic E-state index is 4.74. The van der Waals surface area contributed by atoms with Crippen molar-refractivity contribution >= 4 is 0 Å². The fourth-order valence-electron chi connectivity index (χ4n) is 0.674. The Balaban J connectivity index is 3.59. The molecule has 0 N–H and O–H groups in total. The van der Waals surface area contributed by atoms with E-state index in [1.807, 2.05) is 0 Å². The molecule has 0 aromatic heterocycles. The van der Waals surface area contributed by atoms with Crippen molar-refractivity contribution < 1.29 is 4.74 Å². The van der Waals surface area contributed by atoms with Gasteiger partial charge in [0.2, 0.25) is 0 Å². The molecule has 0 bridgehead atoms. The molecule has 0 heterocycles. The Hall–Kier alpha value is -0.680. The number of hydrogen-bond donors (Lipinski definition) is 0. The Kier molecular flexibility index (Phi) is 6.00. The zero-order valence-corrected chi connectivity index (χ0v) is 7.11. The minimum Gasteiger partial charge on any atom is -0.496 e. The van der Waals surface area contributed by atoms with Crippen LogP contribution in [-0.4, -0.2) is 7.11 Å². The molecule has 0 saturated heterocycles. The summed E-state index contributed by atoms with van der Waals surface area (Å²) in [6.07, 6.45) is 5.23.